The molecule has 1 N–H and O–H groups in total. The van der Waals surface area contributed by atoms with Crippen LogP contribution in [0.15, 0.2) is 29.4 Å². The van der Waals surface area contributed by atoms with Crippen molar-refractivity contribution in [1.29, 1.82) is 0 Å². The number of hydrogen-bond acceptors (Lipinski definition) is 5. The van der Waals surface area contributed by atoms with Crippen molar-refractivity contribution in [1.82, 2.24) is 0 Å². The second-order valence-electron chi connectivity index (χ2n) is 4.45. The van der Waals surface area contributed by atoms with Crippen molar-refractivity contribution >= 4 is 11.7 Å². The standard InChI is InChI=1S/C13H13NO4/c1-2-17-12(15)13-7-9(13)11(14-16)8-5-3-4-6-10(8)18-13/h3-6,9,16H,2,7H2,1H3/b14-11-. The summed E-state index contributed by atoms with van der Waals surface area (Å²) in [6.07, 6.45) is 0.500. The van der Waals surface area contributed by atoms with E-state index >= 15 is 0 Å². The van der Waals surface area contributed by atoms with Gasteiger partial charge in [-0.05, 0) is 19.1 Å². The lowest BCUT2D eigenvalue weighted by molar-refractivity contribution is -0.154. The summed E-state index contributed by atoms with van der Waals surface area (Å²) in [6, 6.07) is 7.23. The van der Waals surface area contributed by atoms with Crippen LogP contribution in [-0.2, 0) is 9.53 Å². The molecule has 1 fully saturated rings. The molecular formula is C13H13NO4. The summed E-state index contributed by atoms with van der Waals surface area (Å²) < 4.78 is 10.8. The highest BCUT2D eigenvalue weighted by Crippen LogP contribution is 2.54. The van der Waals surface area contributed by atoms with Gasteiger partial charge in [0, 0.05) is 12.0 Å². The van der Waals surface area contributed by atoms with E-state index in [4.69, 9.17) is 14.7 Å². The molecule has 2 aliphatic rings. The van der Waals surface area contributed by atoms with Gasteiger partial charge in [0.2, 0.25) is 5.60 Å². The minimum Gasteiger partial charge on any atom is -0.474 e. The van der Waals surface area contributed by atoms with Crippen molar-refractivity contribution in [3.63, 3.8) is 0 Å². The Bertz CT molecular complexity index is 540. The van der Waals surface area contributed by atoms with E-state index in [9.17, 15) is 4.79 Å². The molecule has 1 aliphatic heterocycles. The molecule has 0 bridgehead atoms. The summed E-state index contributed by atoms with van der Waals surface area (Å²) in [7, 11) is 0. The molecule has 5 heteroatoms. The van der Waals surface area contributed by atoms with Crippen molar-refractivity contribution < 1.29 is 19.5 Å². The summed E-state index contributed by atoms with van der Waals surface area (Å²) in [5, 5.41) is 12.5. The Hall–Kier alpha value is -2.04. The van der Waals surface area contributed by atoms with Crippen LogP contribution in [0.2, 0.25) is 0 Å². The number of ether oxygens (including phenoxy) is 2. The molecule has 1 heterocycles. The molecule has 1 aliphatic carbocycles. The number of rotatable bonds is 2. The summed E-state index contributed by atoms with van der Waals surface area (Å²) >= 11 is 0. The van der Waals surface area contributed by atoms with Gasteiger partial charge < -0.3 is 14.7 Å². The summed E-state index contributed by atoms with van der Waals surface area (Å²) in [4.78, 5) is 11.9. The Morgan fingerprint density at radius 3 is 3.11 bits per heavy atom. The number of carbonyl (C=O) groups is 1. The van der Waals surface area contributed by atoms with Gasteiger partial charge in [0.15, 0.2) is 0 Å². The van der Waals surface area contributed by atoms with E-state index in [1.807, 2.05) is 18.2 Å². The van der Waals surface area contributed by atoms with Gasteiger partial charge in [-0.3, -0.25) is 0 Å². The molecule has 0 amide bonds. The van der Waals surface area contributed by atoms with E-state index in [-0.39, 0.29) is 11.9 Å². The molecule has 3 rings (SSSR count). The minimum atomic E-state index is -0.980. The Morgan fingerprint density at radius 2 is 2.39 bits per heavy atom. The van der Waals surface area contributed by atoms with Gasteiger partial charge in [0.05, 0.1) is 18.2 Å². The van der Waals surface area contributed by atoms with Gasteiger partial charge in [-0.2, -0.15) is 0 Å². The van der Waals surface area contributed by atoms with Gasteiger partial charge in [-0.25, -0.2) is 4.79 Å². The molecule has 2 atom stereocenters. The molecule has 94 valence electrons. The summed E-state index contributed by atoms with van der Waals surface area (Å²) in [5.41, 5.74) is 0.263. The van der Waals surface area contributed by atoms with Crippen molar-refractivity contribution in [3.8, 4) is 5.75 Å². The van der Waals surface area contributed by atoms with Crippen molar-refractivity contribution in [3.05, 3.63) is 29.8 Å². The van der Waals surface area contributed by atoms with Crippen molar-refractivity contribution in [2.45, 2.75) is 18.9 Å². The number of oxime groups is 1. The van der Waals surface area contributed by atoms with Crippen LogP contribution in [0, 0.1) is 5.92 Å². The van der Waals surface area contributed by atoms with E-state index < -0.39 is 5.60 Å². The monoisotopic (exact) mass is 247 g/mol. The molecule has 0 radical (unpaired) electrons. The summed E-state index contributed by atoms with van der Waals surface area (Å²) in [6.45, 7) is 2.06. The number of fused-ring (bicyclic) bond motifs is 2. The molecule has 1 aromatic carbocycles. The van der Waals surface area contributed by atoms with Crippen LogP contribution in [-0.4, -0.2) is 29.1 Å². The molecule has 0 spiro atoms. The van der Waals surface area contributed by atoms with E-state index in [0.29, 0.717) is 24.5 Å². The smallest absolute Gasteiger partial charge is 0.351 e. The Labute approximate surface area is 104 Å². The van der Waals surface area contributed by atoms with Crippen LogP contribution >= 0.6 is 0 Å². The predicted molar refractivity (Wildman–Crippen MR) is 62.9 cm³/mol. The fraction of sp³-hybridized carbons (Fsp3) is 0.385. The number of nitrogens with zero attached hydrogens (tertiary/aromatic N) is 1. The average Bonchev–Trinajstić information content (AvgIpc) is 3.11. The van der Waals surface area contributed by atoms with Crippen LogP contribution in [0.1, 0.15) is 18.9 Å². The second-order valence-corrected chi connectivity index (χ2v) is 4.45. The fourth-order valence-electron chi connectivity index (χ4n) is 2.47. The van der Waals surface area contributed by atoms with E-state index in [0.717, 1.165) is 5.56 Å². The molecule has 0 saturated heterocycles. The third kappa shape index (κ3) is 1.33. The van der Waals surface area contributed by atoms with Crippen LogP contribution < -0.4 is 4.74 Å². The fourth-order valence-corrected chi connectivity index (χ4v) is 2.47. The normalized spacial score (nSPS) is 30.1. The first-order valence-electron chi connectivity index (χ1n) is 5.90. The molecule has 1 aromatic rings. The zero-order valence-electron chi connectivity index (χ0n) is 9.92. The highest BCUT2D eigenvalue weighted by atomic mass is 16.6. The highest BCUT2D eigenvalue weighted by Gasteiger charge is 2.69. The SMILES string of the molecule is CCOC(=O)C12CC1/C(=N\O)c1ccccc1O2. The zero-order valence-corrected chi connectivity index (χ0v) is 9.92. The number of hydrogen-bond donors (Lipinski definition) is 1. The first-order valence-corrected chi connectivity index (χ1v) is 5.90. The van der Waals surface area contributed by atoms with Crippen molar-refractivity contribution in [2.75, 3.05) is 6.61 Å². The average molecular weight is 247 g/mol. The lowest BCUT2D eigenvalue weighted by atomic mass is 10.00. The van der Waals surface area contributed by atoms with Crippen LogP contribution in [0.25, 0.3) is 0 Å². The topological polar surface area (TPSA) is 68.1 Å². The number of benzene rings is 1. The van der Waals surface area contributed by atoms with Crippen molar-refractivity contribution in [2.24, 2.45) is 11.1 Å². The van der Waals surface area contributed by atoms with Crippen LogP contribution in [0.4, 0.5) is 0 Å². The molecule has 5 nitrogen and oxygen atoms in total. The zero-order chi connectivity index (χ0) is 12.8. The van der Waals surface area contributed by atoms with Gasteiger partial charge in [0.25, 0.3) is 0 Å². The predicted octanol–water partition coefficient (Wildman–Crippen LogP) is 1.58. The lowest BCUT2D eigenvalue weighted by Crippen LogP contribution is -2.39. The largest absolute Gasteiger partial charge is 0.474 e. The quantitative estimate of drug-likeness (QED) is 0.489. The lowest BCUT2D eigenvalue weighted by Gasteiger charge is -2.24. The number of carbonyl (C=O) groups excluding carboxylic acids is 1. The molecule has 1 saturated carbocycles. The molecular weight excluding hydrogens is 234 g/mol. The Morgan fingerprint density at radius 1 is 1.61 bits per heavy atom. The van der Waals surface area contributed by atoms with Gasteiger partial charge in [-0.15, -0.1) is 0 Å². The minimum absolute atomic E-state index is 0.212. The van der Waals surface area contributed by atoms with Crippen LogP contribution in [0.5, 0.6) is 5.75 Å². The third-order valence-corrected chi connectivity index (χ3v) is 3.42. The first-order chi connectivity index (χ1) is 8.73. The molecule has 18 heavy (non-hydrogen) atoms. The van der Waals surface area contributed by atoms with E-state index in [2.05, 4.69) is 5.16 Å². The number of esters is 1. The van der Waals surface area contributed by atoms with Crippen LogP contribution in [0.3, 0.4) is 0 Å². The van der Waals surface area contributed by atoms with Gasteiger partial charge in [0.1, 0.15) is 5.75 Å². The Balaban J connectivity index is 2.01. The molecule has 2 unspecified atom stereocenters. The van der Waals surface area contributed by atoms with E-state index in [1.165, 1.54) is 0 Å². The maximum atomic E-state index is 11.9. The highest BCUT2D eigenvalue weighted by molar-refractivity contribution is 6.12. The van der Waals surface area contributed by atoms with Gasteiger partial charge >= 0.3 is 5.97 Å². The maximum Gasteiger partial charge on any atom is 0.351 e. The second kappa shape index (κ2) is 3.73. The third-order valence-electron chi connectivity index (χ3n) is 3.42. The van der Waals surface area contributed by atoms with Gasteiger partial charge in [-0.1, -0.05) is 17.3 Å². The first kappa shape index (κ1) is 11.1. The number of para-hydroxylation sites is 1. The summed E-state index contributed by atoms with van der Waals surface area (Å²) in [5.74, 6) is -0.0331. The van der Waals surface area contributed by atoms with E-state index in [1.54, 1.807) is 13.0 Å². The molecule has 0 aromatic heterocycles. The Kier molecular flexibility index (Phi) is 2.29. The maximum absolute atomic E-state index is 11.9.